The Kier molecular flexibility index (Phi) is 5.06. The number of nitrogens with one attached hydrogen (secondary N) is 1. The zero-order valence-electron chi connectivity index (χ0n) is 15.6. The average Bonchev–Trinajstić information content (AvgIpc) is 3.18. The molecule has 1 atom stereocenters. The van der Waals surface area contributed by atoms with E-state index < -0.39 is 0 Å². The minimum Gasteiger partial charge on any atom is -0.337 e. The monoisotopic (exact) mass is 380 g/mol. The van der Waals surface area contributed by atoms with Crippen LogP contribution in [-0.2, 0) is 0 Å². The summed E-state index contributed by atoms with van der Waals surface area (Å²) >= 11 is 0. The van der Waals surface area contributed by atoms with Gasteiger partial charge in [0.1, 0.15) is 11.9 Å². The van der Waals surface area contributed by atoms with E-state index in [4.69, 9.17) is 4.52 Å². The van der Waals surface area contributed by atoms with Crippen molar-refractivity contribution in [1.82, 2.24) is 15.0 Å². The molecule has 1 aliphatic heterocycles. The number of urea groups is 1. The summed E-state index contributed by atoms with van der Waals surface area (Å²) in [5, 5.41) is 6.97. The van der Waals surface area contributed by atoms with Crippen LogP contribution in [0.15, 0.2) is 53.1 Å². The number of anilines is 1. The number of hydrogen-bond donors (Lipinski definition) is 1. The van der Waals surface area contributed by atoms with Gasteiger partial charge in [-0.05, 0) is 68.1 Å². The normalized spacial score (nSPS) is 16.8. The fourth-order valence-electron chi connectivity index (χ4n) is 3.44. The quantitative estimate of drug-likeness (QED) is 0.698. The lowest BCUT2D eigenvalue weighted by Crippen LogP contribution is -2.41. The Balaban J connectivity index is 1.54. The Labute approximate surface area is 162 Å². The number of likely N-dealkylation sites (tertiary alicyclic amines) is 1. The van der Waals surface area contributed by atoms with Gasteiger partial charge >= 0.3 is 6.03 Å². The molecule has 4 rings (SSSR count). The van der Waals surface area contributed by atoms with Gasteiger partial charge in [-0.1, -0.05) is 17.3 Å². The van der Waals surface area contributed by atoms with Crippen molar-refractivity contribution in [2.75, 3.05) is 11.9 Å². The number of carbonyl (C=O) groups excluding carboxylic acids is 1. The highest BCUT2D eigenvalue weighted by Gasteiger charge is 2.32. The second-order valence-electron chi connectivity index (χ2n) is 6.97. The number of carbonyl (C=O) groups is 1. The summed E-state index contributed by atoms with van der Waals surface area (Å²) in [6.45, 7) is 2.60. The van der Waals surface area contributed by atoms with Gasteiger partial charge in [0.25, 0.3) is 0 Å². The number of halogens is 1. The van der Waals surface area contributed by atoms with Crippen LogP contribution >= 0.6 is 0 Å². The number of piperidine rings is 1. The molecular formula is C21H21FN4O2. The molecule has 1 aromatic heterocycles. The lowest BCUT2D eigenvalue weighted by molar-refractivity contribution is 0.142. The number of amides is 2. The molecule has 1 saturated heterocycles. The van der Waals surface area contributed by atoms with Crippen molar-refractivity contribution in [2.45, 2.75) is 32.2 Å². The summed E-state index contributed by atoms with van der Waals surface area (Å²) < 4.78 is 18.6. The SMILES string of the molecule is Cc1cccc(NC(=O)N2CCCC[C@H]2c2nc(-c3ccc(F)cc3)no2)c1. The third-order valence-corrected chi connectivity index (χ3v) is 4.86. The summed E-state index contributed by atoms with van der Waals surface area (Å²) in [5.74, 6) is 0.469. The van der Waals surface area contributed by atoms with E-state index in [0.29, 0.717) is 23.8 Å². The summed E-state index contributed by atoms with van der Waals surface area (Å²) in [7, 11) is 0. The molecule has 0 bridgehead atoms. The van der Waals surface area contributed by atoms with Gasteiger partial charge in [0, 0.05) is 17.8 Å². The Hall–Kier alpha value is -3.22. The smallest absolute Gasteiger partial charge is 0.322 e. The van der Waals surface area contributed by atoms with Crippen molar-refractivity contribution in [3.8, 4) is 11.4 Å². The van der Waals surface area contributed by atoms with E-state index in [1.54, 1.807) is 17.0 Å². The molecule has 2 aromatic carbocycles. The second-order valence-corrected chi connectivity index (χ2v) is 6.97. The van der Waals surface area contributed by atoms with Crippen LogP contribution in [0.5, 0.6) is 0 Å². The van der Waals surface area contributed by atoms with Crippen LogP contribution in [0.25, 0.3) is 11.4 Å². The lowest BCUT2D eigenvalue weighted by atomic mass is 10.0. The molecule has 3 aromatic rings. The van der Waals surface area contributed by atoms with E-state index in [2.05, 4.69) is 15.5 Å². The molecule has 1 aliphatic rings. The fraction of sp³-hybridized carbons (Fsp3) is 0.286. The van der Waals surface area contributed by atoms with Crippen molar-refractivity contribution < 1.29 is 13.7 Å². The number of benzene rings is 2. The van der Waals surface area contributed by atoms with E-state index in [0.717, 1.165) is 30.5 Å². The van der Waals surface area contributed by atoms with Gasteiger partial charge in [-0.3, -0.25) is 0 Å². The molecule has 0 aliphatic carbocycles. The number of aryl methyl sites for hydroxylation is 1. The maximum atomic E-state index is 13.1. The largest absolute Gasteiger partial charge is 0.337 e. The number of hydrogen-bond acceptors (Lipinski definition) is 4. The van der Waals surface area contributed by atoms with Gasteiger partial charge in [-0.15, -0.1) is 0 Å². The van der Waals surface area contributed by atoms with Crippen molar-refractivity contribution in [3.05, 3.63) is 65.8 Å². The first-order valence-electron chi connectivity index (χ1n) is 9.34. The number of nitrogens with zero attached hydrogens (tertiary/aromatic N) is 3. The first-order chi connectivity index (χ1) is 13.6. The first-order valence-corrected chi connectivity index (χ1v) is 9.34. The van der Waals surface area contributed by atoms with Gasteiger partial charge in [-0.25, -0.2) is 9.18 Å². The molecule has 7 heteroatoms. The van der Waals surface area contributed by atoms with Crippen LogP contribution in [0.1, 0.15) is 36.8 Å². The van der Waals surface area contributed by atoms with E-state index in [1.807, 2.05) is 31.2 Å². The fourth-order valence-corrected chi connectivity index (χ4v) is 3.44. The molecule has 2 heterocycles. The standard InChI is InChI=1S/C21H21FN4O2/c1-14-5-4-6-17(13-14)23-21(27)26-12-3-2-7-18(26)20-24-19(25-28-20)15-8-10-16(22)11-9-15/h4-6,8-11,13,18H,2-3,7,12H2,1H3,(H,23,27)/t18-/m0/s1. The molecule has 0 spiro atoms. The molecular weight excluding hydrogens is 359 g/mol. The first kappa shape index (κ1) is 18.2. The van der Waals surface area contributed by atoms with Crippen LogP contribution in [-0.4, -0.2) is 27.6 Å². The van der Waals surface area contributed by atoms with E-state index in [1.165, 1.54) is 12.1 Å². The molecule has 0 radical (unpaired) electrons. The Morgan fingerprint density at radius 2 is 2.04 bits per heavy atom. The molecule has 0 unspecified atom stereocenters. The van der Waals surface area contributed by atoms with Crippen molar-refractivity contribution >= 4 is 11.7 Å². The molecule has 1 fully saturated rings. The van der Waals surface area contributed by atoms with Crippen LogP contribution in [0.2, 0.25) is 0 Å². The second kappa shape index (κ2) is 7.80. The summed E-state index contributed by atoms with van der Waals surface area (Å²) in [6.07, 6.45) is 2.66. The molecule has 0 saturated carbocycles. The predicted molar refractivity (Wildman–Crippen MR) is 103 cm³/mol. The van der Waals surface area contributed by atoms with Gasteiger partial charge < -0.3 is 14.7 Å². The van der Waals surface area contributed by atoms with Crippen LogP contribution < -0.4 is 5.32 Å². The molecule has 144 valence electrons. The zero-order chi connectivity index (χ0) is 19.5. The van der Waals surface area contributed by atoms with E-state index in [-0.39, 0.29) is 17.9 Å². The van der Waals surface area contributed by atoms with Crippen LogP contribution in [0.4, 0.5) is 14.9 Å². The van der Waals surface area contributed by atoms with Gasteiger partial charge in [0.2, 0.25) is 11.7 Å². The zero-order valence-corrected chi connectivity index (χ0v) is 15.6. The third-order valence-electron chi connectivity index (χ3n) is 4.86. The molecule has 28 heavy (non-hydrogen) atoms. The van der Waals surface area contributed by atoms with Crippen molar-refractivity contribution in [3.63, 3.8) is 0 Å². The van der Waals surface area contributed by atoms with Crippen molar-refractivity contribution in [2.24, 2.45) is 0 Å². The Morgan fingerprint density at radius 3 is 2.82 bits per heavy atom. The number of aromatic nitrogens is 2. The molecule has 1 N–H and O–H groups in total. The van der Waals surface area contributed by atoms with Gasteiger partial charge in [-0.2, -0.15) is 4.98 Å². The Bertz CT molecular complexity index is 971. The minimum atomic E-state index is -0.321. The van der Waals surface area contributed by atoms with Crippen LogP contribution in [0.3, 0.4) is 0 Å². The van der Waals surface area contributed by atoms with Crippen molar-refractivity contribution in [1.29, 1.82) is 0 Å². The van der Waals surface area contributed by atoms with Crippen LogP contribution in [0, 0.1) is 12.7 Å². The predicted octanol–water partition coefficient (Wildman–Crippen LogP) is 4.94. The maximum Gasteiger partial charge on any atom is 0.322 e. The highest BCUT2D eigenvalue weighted by atomic mass is 19.1. The minimum absolute atomic E-state index is 0.183. The summed E-state index contributed by atoms with van der Waals surface area (Å²) in [6, 6.07) is 13.1. The summed E-state index contributed by atoms with van der Waals surface area (Å²) in [4.78, 5) is 19.1. The van der Waals surface area contributed by atoms with E-state index >= 15 is 0 Å². The maximum absolute atomic E-state index is 13.1. The highest BCUT2D eigenvalue weighted by molar-refractivity contribution is 5.89. The molecule has 2 amide bonds. The lowest BCUT2D eigenvalue weighted by Gasteiger charge is -2.33. The Morgan fingerprint density at radius 1 is 1.21 bits per heavy atom. The number of rotatable bonds is 3. The summed E-state index contributed by atoms with van der Waals surface area (Å²) in [5.41, 5.74) is 2.50. The average molecular weight is 380 g/mol. The van der Waals surface area contributed by atoms with E-state index in [9.17, 15) is 9.18 Å². The molecule has 6 nitrogen and oxygen atoms in total. The topological polar surface area (TPSA) is 71.3 Å². The van der Waals surface area contributed by atoms with Gasteiger partial charge in [0.15, 0.2) is 0 Å². The highest BCUT2D eigenvalue weighted by Crippen LogP contribution is 2.31. The van der Waals surface area contributed by atoms with Gasteiger partial charge in [0.05, 0.1) is 0 Å². The third kappa shape index (κ3) is 3.88.